The van der Waals surface area contributed by atoms with Gasteiger partial charge in [-0.25, -0.2) is 0 Å². The minimum absolute atomic E-state index is 0.341. The number of nitrogens with zero attached hydrogens (tertiary/aromatic N) is 1. The van der Waals surface area contributed by atoms with E-state index >= 15 is 0 Å². The molecule has 5 rings (SSSR count). The number of alkyl halides is 3. The molecule has 202 valence electrons. The van der Waals surface area contributed by atoms with E-state index in [0.29, 0.717) is 54.7 Å². The van der Waals surface area contributed by atoms with Crippen molar-refractivity contribution < 1.29 is 32.7 Å². The fraction of sp³-hybridized carbons (Fsp3) is 0.290. The number of aryl methyl sites for hydroxylation is 2. The largest absolute Gasteiger partial charge is 0.481 e. The quantitative estimate of drug-likeness (QED) is 0.232. The number of benzene rings is 3. The van der Waals surface area contributed by atoms with Crippen molar-refractivity contribution >= 4 is 5.97 Å². The number of halogens is 3. The lowest BCUT2D eigenvalue weighted by Gasteiger charge is -2.13. The van der Waals surface area contributed by atoms with Gasteiger partial charge in [0.05, 0.1) is 28.3 Å². The highest BCUT2D eigenvalue weighted by molar-refractivity contribution is 5.85. The van der Waals surface area contributed by atoms with E-state index in [2.05, 4.69) is 5.16 Å². The Labute approximate surface area is 223 Å². The lowest BCUT2D eigenvalue weighted by atomic mass is 9.93. The van der Waals surface area contributed by atoms with Crippen LogP contribution in [0, 0.1) is 6.92 Å². The molecule has 1 aliphatic rings. The summed E-state index contributed by atoms with van der Waals surface area (Å²) in [7, 11) is 0. The average molecular weight is 536 g/mol. The van der Waals surface area contributed by atoms with Gasteiger partial charge in [0.1, 0.15) is 0 Å². The number of carbonyl (C=O) groups is 1. The molecule has 39 heavy (non-hydrogen) atoms. The summed E-state index contributed by atoms with van der Waals surface area (Å²) in [5.74, 6) is -0.325. The lowest BCUT2D eigenvalue weighted by Crippen LogP contribution is -2.19. The lowest BCUT2D eigenvalue weighted by molar-refractivity contribution is -0.140. The Morgan fingerprint density at radius 2 is 1.62 bits per heavy atom. The number of hydrogen-bond acceptors (Lipinski definition) is 4. The van der Waals surface area contributed by atoms with Crippen molar-refractivity contribution in [3.05, 3.63) is 101 Å². The molecule has 1 heterocycles. The Balaban J connectivity index is 1.26. The number of aromatic nitrogens is 1. The number of aliphatic hydroxyl groups is 1. The zero-order valence-corrected chi connectivity index (χ0v) is 21.3. The summed E-state index contributed by atoms with van der Waals surface area (Å²) in [6, 6.07) is 20.4. The second kappa shape index (κ2) is 10.3. The summed E-state index contributed by atoms with van der Waals surface area (Å²) < 4.78 is 44.5. The van der Waals surface area contributed by atoms with E-state index < -0.39 is 29.2 Å². The molecule has 1 atom stereocenters. The van der Waals surface area contributed by atoms with Crippen molar-refractivity contribution in [1.29, 1.82) is 0 Å². The van der Waals surface area contributed by atoms with Crippen LogP contribution in [-0.4, -0.2) is 21.3 Å². The summed E-state index contributed by atoms with van der Waals surface area (Å²) in [5, 5.41) is 24.5. The molecule has 4 aromatic rings. The molecule has 0 saturated heterocycles. The van der Waals surface area contributed by atoms with Crippen LogP contribution in [0.2, 0.25) is 0 Å². The predicted molar refractivity (Wildman–Crippen MR) is 140 cm³/mol. The SMILES string of the molecule is Cc1noc(-c2ccc(-c3ccc(C4(C(=O)O)CC4)cc3)cc2)c1C(O)CCCc1cccc(C(F)(F)F)c1. The first-order chi connectivity index (χ1) is 18.6. The van der Waals surface area contributed by atoms with E-state index in [9.17, 15) is 28.2 Å². The van der Waals surface area contributed by atoms with Crippen LogP contribution < -0.4 is 0 Å². The monoisotopic (exact) mass is 535 g/mol. The molecule has 0 bridgehead atoms. The average Bonchev–Trinajstić information content (AvgIpc) is 3.65. The summed E-state index contributed by atoms with van der Waals surface area (Å²) in [4.78, 5) is 11.6. The van der Waals surface area contributed by atoms with Crippen LogP contribution in [0.3, 0.4) is 0 Å². The zero-order valence-electron chi connectivity index (χ0n) is 21.3. The molecule has 0 aliphatic heterocycles. The number of carboxylic acid groups (broad SMARTS) is 1. The van der Waals surface area contributed by atoms with Gasteiger partial charge in [-0.3, -0.25) is 4.79 Å². The van der Waals surface area contributed by atoms with Crippen LogP contribution in [0.15, 0.2) is 77.3 Å². The van der Waals surface area contributed by atoms with Crippen molar-refractivity contribution in [2.24, 2.45) is 0 Å². The Kier molecular flexibility index (Phi) is 7.07. The molecule has 1 aromatic heterocycles. The molecule has 1 unspecified atom stereocenters. The van der Waals surface area contributed by atoms with Crippen LogP contribution in [0.5, 0.6) is 0 Å². The highest BCUT2D eigenvalue weighted by atomic mass is 19.4. The molecule has 1 fully saturated rings. The maximum Gasteiger partial charge on any atom is 0.416 e. The first-order valence-corrected chi connectivity index (χ1v) is 12.8. The smallest absolute Gasteiger partial charge is 0.416 e. The summed E-state index contributed by atoms with van der Waals surface area (Å²) in [6.45, 7) is 1.75. The number of carboxylic acids is 1. The molecule has 5 nitrogen and oxygen atoms in total. The van der Waals surface area contributed by atoms with E-state index in [1.807, 2.05) is 48.5 Å². The van der Waals surface area contributed by atoms with Crippen molar-refractivity contribution in [3.63, 3.8) is 0 Å². The van der Waals surface area contributed by atoms with Gasteiger partial charge in [0.15, 0.2) is 5.76 Å². The van der Waals surface area contributed by atoms with E-state index in [4.69, 9.17) is 4.52 Å². The van der Waals surface area contributed by atoms with Crippen LogP contribution in [0.25, 0.3) is 22.5 Å². The Hall–Kier alpha value is -3.91. The molecule has 8 heteroatoms. The van der Waals surface area contributed by atoms with Crippen LogP contribution in [0.4, 0.5) is 13.2 Å². The summed E-state index contributed by atoms with van der Waals surface area (Å²) in [5.41, 5.74) is 3.74. The Bertz CT molecular complexity index is 1470. The van der Waals surface area contributed by atoms with Crippen molar-refractivity contribution in [2.45, 2.75) is 56.7 Å². The molecule has 1 aliphatic carbocycles. The van der Waals surface area contributed by atoms with Gasteiger partial charge in [0, 0.05) is 5.56 Å². The second-order valence-electron chi connectivity index (χ2n) is 10.2. The molecular formula is C31H28F3NO4. The van der Waals surface area contributed by atoms with Gasteiger partial charge in [0.2, 0.25) is 0 Å². The van der Waals surface area contributed by atoms with Crippen LogP contribution in [-0.2, 0) is 22.8 Å². The van der Waals surface area contributed by atoms with Crippen LogP contribution in [0.1, 0.15) is 59.7 Å². The van der Waals surface area contributed by atoms with Crippen molar-refractivity contribution in [3.8, 4) is 22.5 Å². The number of aliphatic carboxylic acids is 1. The standard InChI is InChI=1S/C31H28F3NO4/c1-19-27(26(36)7-3-5-20-4-2-6-25(18-20)31(32,33)34)28(39-35-19)23-10-8-21(9-11-23)22-12-14-24(15-13-22)30(16-17-30)29(37)38/h2,4,6,8-15,18,26,36H,3,5,7,16-17H2,1H3,(H,37,38). The molecule has 0 amide bonds. The summed E-state index contributed by atoms with van der Waals surface area (Å²) >= 11 is 0. The molecule has 0 radical (unpaired) electrons. The van der Waals surface area contributed by atoms with Gasteiger partial charge in [-0.05, 0) is 67.3 Å². The highest BCUT2D eigenvalue weighted by Crippen LogP contribution is 2.48. The fourth-order valence-corrected chi connectivity index (χ4v) is 5.07. The maximum absolute atomic E-state index is 13.0. The third kappa shape index (κ3) is 5.47. The zero-order chi connectivity index (χ0) is 27.8. The number of rotatable bonds is 9. The first-order valence-electron chi connectivity index (χ1n) is 12.8. The Morgan fingerprint density at radius 3 is 2.21 bits per heavy atom. The predicted octanol–water partition coefficient (Wildman–Crippen LogP) is 7.51. The second-order valence-corrected chi connectivity index (χ2v) is 10.2. The third-order valence-electron chi connectivity index (χ3n) is 7.52. The summed E-state index contributed by atoms with van der Waals surface area (Å²) in [6.07, 6.45) is -2.71. The third-order valence-corrected chi connectivity index (χ3v) is 7.52. The molecule has 0 spiro atoms. The van der Waals surface area contributed by atoms with Gasteiger partial charge >= 0.3 is 12.1 Å². The topological polar surface area (TPSA) is 83.6 Å². The molecular weight excluding hydrogens is 507 g/mol. The normalized spacial score (nSPS) is 15.2. The first kappa shape index (κ1) is 26.7. The molecule has 2 N–H and O–H groups in total. The maximum atomic E-state index is 13.0. The number of aliphatic hydroxyl groups excluding tert-OH is 1. The number of hydrogen-bond donors (Lipinski definition) is 2. The van der Waals surface area contributed by atoms with Gasteiger partial charge in [0.25, 0.3) is 0 Å². The van der Waals surface area contributed by atoms with E-state index in [-0.39, 0.29) is 0 Å². The van der Waals surface area contributed by atoms with Crippen molar-refractivity contribution in [1.82, 2.24) is 5.16 Å². The minimum Gasteiger partial charge on any atom is -0.481 e. The van der Waals surface area contributed by atoms with E-state index in [0.717, 1.165) is 34.4 Å². The van der Waals surface area contributed by atoms with E-state index in [1.54, 1.807) is 13.0 Å². The van der Waals surface area contributed by atoms with Gasteiger partial charge in [-0.1, -0.05) is 71.9 Å². The highest BCUT2D eigenvalue weighted by Gasteiger charge is 2.51. The van der Waals surface area contributed by atoms with Crippen molar-refractivity contribution in [2.75, 3.05) is 0 Å². The van der Waals surface area contributed by atoms with Gasteiger partial charge in [-0.2, -0.15) is 13.2 Å². The van der Waals surface area contributed by atoms with Gasteiger partial charge < -0.3 is 14.7 Å². The molecule has 3 aromatic carbocycles. The van der Waals surface area contributed by atoms with E-state index in [1.165, 1.54) is 6.07 Å². The fourth-order valence-electron chi connectivity index (χ4n) is 5.07. The van der Waals surface area contributed by atoms with Crippen LogP contribution >= 0.6 is 0 Å². The molecule has 1 saturated carbocycles. The minimum atomic E-state index is -4.39. The van der Waals surface area contributed by atoms with Gasteiger partial charge in [-0.15, -0.1) is 0 Å². The Morgan fingerprint density at radius 1 is 1.00 bits per heavy atom.